The summed E-state index contributed by atoms with van der Waals surface area (Å²) < 4.78 is 28.9. The van der Waals surface area contributed by atoms with Crippen LogP contribution in [0.3, 0.4) is 0 Å². The number of hydrogen-bond acceptors (Lipinski definition) is 5. The number of nitrogens with one attached hydrogen (secondary N) is 1. The molecule has 0 saturated carbocycles. The lowest BCUT2D eigenvalue weighted by atomic mass is 9.95. The summed E-state index contributed by atoms with van der Waals surface area (Å²) in [6.07, 6.45) is 0.140. The molecule has 9 heteroatoms. The third kappa shape index (κ3) is 4.88. The van der Waals surface area contributed by atoms with Crippen molar-refractivity contribution in [1.82, 2.24) is 19.6 Å². The first-order valence-corrected chi connectivity index (χ1v) is 10.6. The van der Waals surface area contributed by atoms with Crippen LogP contribution in [0.2, 0.25) is 0 Å². The van der Waals surface area contributed by atoms with Crippen molar-refractivity contribution >= 4 is 5.65 Å². The lowest BCUT2D eigenvalue weighted by molar-refractivity contribution is 0.575. The molecule has 3 aromatic heterocycles. The van der Waals surface area contributed by atoms with E-state index in [0.29, 0.717) is 33.9 Å². The summed E-state index contributed by atoms with van der Waals surface area (Å²) in [6, 6.07) is 9.69. The Bertz CT molecular complexity index is 1480. The number of pyridine rings is 2. The molecule has 0 amide bonds. The number of rotatable bonds is 4. The summed E-state index contributed by atoms with van der Waals surface area (Å²) in [5, 5.41) is 6.42. The highest BCUT2D eigenvalue weighted by molar-refractivity contribution is 5.71. The van der Waals surface area contributed by atoms with Crippen LogP contribution in [0.4, 0.5) is 8.78 Å². The Morgan fingerprint density at radius 3 is 2.47 bits per heavy atom. The SMILES string of the molecule is Cc1c(-c2ccc(C#CC(C)(C)N)nc2C(N)Cc2cc(F)cc(F)c2)ccc2n[nH]c(=O)n12. The van der Waals surface area contributed by atoms with Gasteiger partial charge in [0.05, 0.1) is 17.3 Å². The average molecular weight is 463 g/mol. The minimum absolute atomic E-state index is 0.140. The predicted molar refractivity (Wildman–Crippen MR) is 126 cm³/mol. The van der Waals surface area contributed by atoms with E-state index in [2.05, 4.69) is 27.0 Å². The van der Waals surface area contributed by atoms with Gasteiger partial charge in [0.2, 0.25) is 0 Å². The molecule has 1 unspecified atom stereocenters. The number of aryl methyl sites for hydroxylation is 1. The number of H-pyrrole nitrogens is 1. The van der Waals surface area contributed by atoms with Crippen molar-refractivity contribution in [2.45, 2.75) is 38.8 Å². The zero-order valence-corrected chi connectivity index (χ0v) is 19.0. The smallest absolute Gasteiger partial charge is 0.322 e. The maximum absolute atomic E-state index is 13.7. The van der Waals surface area contributed by atoms with Gasteiger partial charge in [-0.25, -0.2) is 28.1 Å². The van der Waals surface area contributed by atoms with E-state index >= 15 is 0 Å². The van der Waals surface area contributed by atoms with Gasteiger partial charge in [-0.15, -0.1) is 0 Å². The summed E-state index contributed by atoms with van der Waals surface area (Å²) in [5.74, 6) is 4.53. The molecular formula is C25H24F2N6O. The van der Waals surface area contributed by atoms with Crippen LogP contribution in [0.5, 0.6) is 0 Å². The van der Waals surface area contributed by atoms with Gasteiger partial charge in [-0.2, -0.15) is 5.10 Å². The van der Waals surface area contributed by atoms with Gasteiger partial charge >= 0.3 is 5.69 Å². The molecule has 0 saturated heterocycles. The van der Waals surface area contributed by atoms with E-state index < -0.39 is 23.2 Å². The number of nitrogens with zero attached hydrogens (tertiary/aromatic N) is 3. The predicted octanol–water partition coefficient (Wildman–Crippen LogP) is 3.00. The maximum Gasteiger partial charge on any atom is 0.347 e. The van der Waals surface area contributed by atoms with Gasteiger partial charge in [0.15, 0.2) is 5.65 Å². The second kappa shape index (κ2) is 8.82. The van der Waals surface area contributed by atoms with E-state index in [0.717, 1.165) is 11.6 Å². The van der Waals surface area contributed by atoms with E-state index in [1.165, 1.54) is 16.5 Å². The normalized spacial score (nSPS) is 12.4. The molecule has 7 nitrogen and oxygen atoms in total. The zero-order valence-electron chi connectivity index (χ0n) is 19.0. The summed E-state index contributed by atoms with van der Waals surface area (Å²) in [4.78, 5) is 16.9. The Balaban J connectivity index is 1.86. The molecular weight excluding hydrogens is 438 g/mol. The first-order valence-electron chi connectivity index (χ1n) is 10.6. The minimum Gasteiger partial charge on any atom is -0.322 e. The van der Waals surface area contributed by atoms with Crippen LogP contribution < -0.4 is 17.2 Å². The number of nitrogens with two attached hydrogens (primary N) is 2. The van der Waals surface area contributed by atoms with Gasteiger partial charge in [-0.3, -0.25) is 0 Å². The molecule has 0 fully saturated rings. The van der Waals surface area contributed by atoms with Gasteiger partial charge in [0.1, 0.15) is 17.3 Å². The highest BCUT2D eigenvalue weighted by Crippen LogP contribution is 2.30. The van der Waals surface area contributed by atoms with Gasteiger partial charge in [0, 0.05) is 22.9 Å². The first kappa shape index (κ1) is 23.3. The quantitative estimate of drug-likeness (QED) is 0.403. The topological polar surface area (TPSA) is 115 Å². The van der Waals surface area contributed by atoms with Crippen molar-refractivity contribution in [3.63, 3.8) is 0 Å². The summed E-state index contributed by atoms with van der Waals surface area (Å²) in [7, 11) is 0. The number of fused-ring (bicyclic) bond motifs is 1. The van der Waals surface area contributed by atoms with E-state index in [1.54, 1.807) is 32.9 Å². The number of hydrogen-bond donors (Lipinski definition) is 3. The third-order valence-electron chi connectivity index (χ3n) is 5.28. The Labute approximate surface area is 194 Å². The molecule has 4 aromatic rings. The molecule has 1 atom stereocenters. The van der Waals surface area contributed by atoms with E-state index in [-0.39, 0.29) is 12.1 Å². The minimum atomic E-state index is -0.716. The second-order valence-electron chi connectivity index (χ2n) is 8.74. The fourth-order valence-corrected chi connectivity index (χ4v) is 3.79. The summed E-state index contributed by atoms with van der Waals surface area (Å²) >= 11 is 0. The van der Waals surface area contributed by atoms with Crippen molar-refractivity contribution in [2.24, 2.45) is 11.5 Å². The largest absolute Gasteiger partial charge is 0.347 e. The lowest BCUT2D eigenvalue weighted by Gasteiger charge is -2.18. The number of halogens is 2. The van der Waals surface area contributed by atoms with Gasteiger partial charge < -0.3 is 11.5 Å². The van der Waals surface area contributed by atoms with Crippen LogP contribution in [-0.4, -0.2) is 25.1 Å². The van der Waals surface area contributed by atoms with E-state index in [4.69, 9.17) is 11.5 Å². The highest BCUT2D eigenvalue weighted by atomic mass is 19.1. The Hall–Kier alpha value is -3.87. The summed E-state index contributed by atoms with van der Waals surface area (Å²) in [5.41, 5.74) is 15.3. The number of benzene rings is 1. The van der Waals surface area contributed by atoms with Gasteiger partial charge in [-0.05, 0) is 75.1 Å². The van der Waals surface area contributed by atoms with Gasteiger partial charge in [0.25, 0.3) is 0 Å². The van der Waals surface area contributed by atoms with Crippen molar-refractivity contribution in [1.29, 1.82) is 0 Å². The Morgan fingerprint density at radius 1 is 1.12 bits per heavy atom. The average Bonchev–Trinajstić information content (AvgIpc) is 3.13. The van der Waals surface area contributed by atoms with Crippen LogP contribution in [0, 0.1) is 30.4 Å². The fourth-order valence-electron chi connectivity index (χ4n) is 3.79. The molecule has 0 spiro atoms. The lowest BCUT2D eigenvalue weighted by Crippen LogP contribution is -2.29. The molecule has 0 radical (unpaired) electrons. The van der Waals surface area contributed by atoms with Crippen molar-refractivity contribution in [3.05, 3.63) is 87.2 Å². The molecule has 0 aliphatic carbocycles. The monoisotopic (exact) mass is 462 g/mol. The number of aromatic amines is 1. The summed E-state index contributed by atoms with van der Waals surface area (Å²) in [6.45, 7) is 5.35. The Morgan fingerprint density at radius 2 is 1.79 bits per heavy atom. The third-order valence-corrected chi connectivity index (χ3v) is 5.28. The first-order chi connectivity index (χ1) is 16.0. The van der Waals surface area contributed by atoms with E-state index in [9.17, 15) is 13.6 Å². The maximum atomic E-state index is 13.7. The van der Waals surface area contributed by atoms with Crippen LogP contribution >= 0.6 is 0 Å². The van der Waals surface area contributed by atoms with Crippen molar-refractivity contribution in [2.75, 3.05) is 0 Å². The van der Waals surface area contributed by atoms with Crippen LogP contribution in [0.1, 0.15) is 42.5 Å². The second-order valence-corrected chi connectivity index (χ2v) is 8.74. The van der Waals surface area contributed by atoms with Gasteiger partial charge in [-0.1, -0.05) is 5.92 Å². The van der Waals surface area contributed by atoms with E-state index in [1.807, 2.05) is 12.1 Å². The van der Waals surface area contributed by atoms with Crippen LogP contribution in [0.25, 0.3) is 16.8 Å². The standard InChI is InChI=1S/C25H24F2N6O/c1-14-19(6-7-22-31-32-24(34)33(14)22)20-5-4-18(8-9-25(2,3)29)30-23(20)21(28)12-15-10-16(26)13-17(27)11-15/h4-7,10-11,13,21H,12,28-29H2,1-3H3,(H,32,34). The highest BCUT2D eigenvalue weighted by Gasteiger charge is 2.19. The molecule has 1 aromatic carbocycles. The van der Waals surface area contributed by atoms with Crippen LogP contribution in [0.15, 0.2) is 47.3 Å². The Kier molecular flexibility index (Phi) is 6.04. The number of aromatic nitrogens is 4. The van der Waals surface area contributed by atoms with Crippen molar-refractivity contribution < 1.29 is 8.78 Å². The molecule has 174 valence electrons. The molecule has 0 aliphatic heterocycles. The molecule has 0 aliphatic rings. The molecule has 34 heavy (non-hydrogen) atoms. The molecule has 4 rings (SSSR count). The molecule has 0 bridgehead atoms. The fraction of sp³-hybridized carbons (Fsp3) is 0.240. The van der Waals surface area contributed by atoms with Crippen LogP contribution in [-0.2, 0) is 6.42 Å². The molecule has 5 N–H and O–H groups in total. The molecule has 3 heterocycles. The zero-order chi connectivity index (χ0) is 24.6. The van der Waals surface area contributed by atoms with Crippen molar-refractivity contribution in [3.8, 4) is 23.0 Å².